The molecule has 1 heterocycles. The molecule has 0 aromatic heterocycles. The Morgan fingerprint density at radius 1 is 1.41 bits per heavy atom. The maximum absolute atomic E-state index is 8.40. The molecular weight excluding hydrogens is 218 g/mol. The van der Waals surface area contributed by atoms with Gasteiger partial charge >= 0.3 is 0 Å². The SMILES string of the molecule is CN(CCCCC(N)=NO)CC1CCOCC1. The van der Waals surface area contributed by atoms with Crippen LogP contribution in [0, 0.1) is 5.92 Å². The van der Waals surface area contributed by atoms with Gasteiger partial charge in [-0.05, 0) is 45.2 Å². The molecule has 0 aliphatic carbocycles. The van der Waals surface area contributed by atoms with E-state index in [4.69, 9.17) is 15.7 Å². The van der Waals surface area contributed by atoms with Gasteiger partial charge in [-0.25, -0.2) is 0 Å². The van der Waals surface area contributed by atoms with Crippen molar-refractivity contribution in [3.05, 3.63) is 0 Å². The average molecular weight is 243 g/mol. The molecule has 5 nitrogen and oxygen atoms in total. The Balaban J connectivity index is 2.02. The minimum atomic E-state index is 0.331. The van der Waals surface area contributed by atoms with Crippen molar-refractivity contribution in [2.75, 3.05) is 33.4 Å². The highest BCUT2D eigenvalue weighted by Crippen LogP contribution is 2.15. The third kappa shape index (κ3) is 6.48. The Kier molecular flexibility index (Phi) is 6.96. The molecule has 100 valence electrons. The van der Waals surface area contributed by atoms with E-state index in [9.17, 15) is 0 Å². The van der Waals surface area contributed by atoms with Crippen LogP contribution in [-0.4, -0.2) is 49.3 Å². The van der Waals surface area contributed by atoms with Gasteiger partial charge in [0.1, 0.15) is 5.84 Å². The van der Waals surface area contributed by atoms with E-state index in [2.05, 4.69) is 17.1 Å². The van der Waals surface area contributed by atoms with E-state index in [1.54, 1.807) is 0 Å². The lowest BCUT2D eigenvalue weighted by Crippen LogP contribution is -2.30. The zero-order valence-corrected chi connectivity index (χ0v) is 10.8. The summed E-state index contributed by atoms with van der Waals surface area (Å²) in [4.78, 5) is 2.38. The molecule has 1 fully saturated rings. The number of unbranched alkanes of at least 4 members (excludes halogenated alkanes) is 1. The minimum Gasteiger partial charge on any atom is -0.409 e. The molecule has 3 N–H and O–H groups in total. The van der Waals surface area contributed by atoms with E-state index < -0.39 is 0 Å². The fraction of sp³-hybridized carbons (Fsp3) is 0.917. The highest BCUT2D eigenvalue weighted by molar-refractivity contribution is 5.79. The van der Waals surface area contributed by atoms with Crippen molar-refractivity contribution >= 4 is 5.84 Å². The summed E-state index contributed by atoms with van der Waals surface area (Å²) >= 11 is 0. The second-order valence-electron chi connectivity index (χ2n) is 4.87. The first-order valence-electron chi connectivity index (χ1n) is 6.45. The lowest BCUT2D eigenvalue weighted by molar-refractivity contribution is 0.0556. The van der Waals surface area contributed by atoms with E-state index in [-0.39, 0.29) is 0 Å². The normalized spacial score (nSPS) is 18.8. The first-order chi connectivity index (χ1) is 8.22. The third-order valence-corrected chi connectivity index (χ3v) is 3.26. The second kappa shape index (κ2) is 8.31. The van der Waals surface area contributed by atoms with Crippen LogP contribution < -0.4 is 5.73 Å². The molecule has 1 rings (SSSR count). The van der Waals surface area contributed by atoms with E-state index in [1.165, 1.54) is 12.8 Å². The Bertz CT molecular complexity index is 228. The van der Waals surface area contributed by atoms with Crippen LogP contribution in [0.25, 0.3) is 0 Å². The first-order valence-corrected chi connectivity index (χ1v) is 6.45. The van der Waals surface area contributed by atoms with Gasteiger partial charge in [0.25, 0.3) is 0 Å². The number of oxime groups is 1. The Morgan fingerprint density at radius 3 is 2.76 bits per heavy atom. The zero-order chi connectivity index (χ0) is 12.5. The van der Waals surface area contributed by atoms with Crippen molar-refractivity contribution in [3.63, 3.8) is 0 Å². The van der Waals surface area contributed by atoms with E-state index in [0.29, 0.717) is 12.3 Å². The lowest BCUT2D eigenvalue weighted by atomic mass is 10.00. The van der Waals surface area contributed by atoms with Gasteiger partial charge in [0.2, 0.25) is 0 Å². The molecule has 0 radical (unpaired) electrons. The fourth-order valence-corrected chi connectivity index (χ4v) is 2.20. The van der Waals surface area contributed by atoms with Crippen LogP contribution in [0.5, 0.6) is 0 Å². The van der Waals surface area contributed by atoms with Crippen LogP contribution in [0.4, 0.5) is 0 Å². The van der Waals surface area contributed by atoms with Gasteiger partial charge in [-0.1, -0.05) is 5.16 Å². The van der Waals surface area contributed by atoms with Gasteiger partial charge in [0.05, 0.1) is 0 Å². The van der Waals surface area contributed by atoms with Crippen LogP contribution in [0.1, 0.15) is 32.1 Å². The molecule has 1 aliphatic heterocycles. The molecule has 0 aromatic rings. The molecule has 0 bridgehead atoms. The molecule has 17 heavy (non-hydrogen) atoms. The summed E-state index contributed by atoms with van der Waals surface area (Å²) in [6.45, 7) is 4.08. The molecule has 1 saturated heterocycles. The van der Waals surface area contributed by atoms with Crippen LogP contribution in [0.3, 0.4) is 0 Å². The Labute approximate surface area is 104 Å². The summed E-state index contributed by atoms with van der Waals surface area (Å²) in [5.41, 5.74) is 5.41. The van der Waals surface area contributed by atoms with Gasteiger partial charge in [-0.15, -0.1) is 0 Å². The average Bonchev–Trinajstić information content (AvgIpc) is 2.35. The van der Waals surface area contributed by atoms with Crippen molar-refractivity contribution in [1.82, 2.24) is 4.90 Å². The van der Waals surface area contributed by atoms with Crippen molar-refractivity contribution in [2.24, 2.45) is 16.8 Å². The molecule has 0 atom stereocenters. The molecule has 0 aromatic carbocycles. The van der Waals surface area contributed by atoms with Crippen LogP contribution >= 0.6 is 0 Å². The predicted molar refractivity (Wildman–Crippen MR) is 68.3 cm³/mol. The number of hydrogen-bond acceptors (Lipinski definition) is 4. The van der Waals surface area contributed by atoms with Gasteiger partial charge < -0.3 is 20.6 Å². The van der Waals surface area contributed by atoms with Crippen LogP contribution in [-0.2, 0) is 4.74 Å². The largest absolute Gasteiger partial charge is 0.409 e. The van der Waals surface area contributed by atoms with Gasteiger partial charge in [0, 0.05) is 26.2 Å². The van der Waals surface area contributed by atoms with E-state index in [0.717, 1.165) is 45.1 Å². The lowest BCUT2D eigenvalue weighted by Gasteiger charge is -2.27. The van der Waals surface area contributed by atoms with Gasteiger partial charge in [-0.2, -0.15) is 0 Å². The maximum Gasteiger partial charge on any atom is 0.139 e. The summed E-state index contributed by atoms with van der Waals surface area (Å²) in [5.74, 6) is 1.12. The van der Waals surface area contributed by atoms with Crippen molar-refractivity contribution in [3.8, 4) is 0 Å². The Morgan fingerprint density at radius 2 is 2.12 bits per heavy atom. The maximum atomic E-state index is 8.40. The number of nitrogens with zero attached hydrogens (tertiary/aromatic N) is 2. The monoisotopic (exact) mass is 243 g/mol. The van der Waals surface area contributed by atoms with E-state index >= 15 is 0 Å². The fourth-order valence-electron chi connectivity index (χ4n) is 2.20. The summed E-state index contributed by atoms with van der Waals surface area (Å²) in [6.07, 6.45) is 5.13. The van der Waals surface area contributed by atoms with Crippen molar-refractivity contribution < 1.29 is 9.94 Å². The number of ether oxygens (including phenoxy) is 1. The van der Waals surface area contributed by atoms with Crippen LogP contribution in [0.15, 0.2) is 5.16 Å². The third-order valence-electron chi connectivity index (χ3n) is 3.26. The standard InChI is InChI=1S/C12H25N3O2/c1-15(7-3-2-4-12(13)14-16)10-11-5-8-17-9-6-11/h11,16H,2-10H2,1H3,(H2,13,14). The topological polar surface area (TPSA) is 71.1 Å². The summed E-state index contributed by atoms with van der Waals surface area (Å²) < 4.78 is 5.35. The van der Waals surface area contributed by atoms with Crippen LogP contribution in [0.2, 0.25) is 0 Å². The predicted octanol–water partition coefficient (Wildman–Crippen LogP) is 1.26. The number of rotatable bonds is 7. The zero-order valence-electron chi connectivity index (χ0n) is 10.8. The molecule has 0 amide bonds. The van der Waals surface area contributed by atoms with Gasteiger partial charge in [0.15, 0.2) is 0 Å². The second-order valence-corrected chi connectivity index (χ2v) is 4.87. The highest BCUT2D eigenvalue weighted by atomic mass is 16.5. The molecule has 0 unspecified atom stereocenters. The minimum absolute atomic E-state index is 0.331. The molecule has 0 spiro atoms. The number of nitrogens with two attached hydrogens (primary N) is 1. The summed E-state index contributed by atoms with van der Waals surface area (Å²) in [6, 6.07) is 0. The molecule has 0 saturated carbocycles. The molecular formula is C12H25N3O2. The molecule has 5 heteroatoms. The van der Waals surface area contributed by atoms with E-state index in [1.807, 2.05) is 0 Å². The van der Waals surface area contributed by atoms with Crippen molar-refractivity contribution in [2.45, 2.75) is 32.1 Å². The van der Waals surface area contributed by atoms with Crippen molar-refractivity contribution in [1.29, 1.82) is 0 Å². The number of hydrogen-bond donors (Lipinski definition) is 2. The highest BCUT2D eigenvalue weighted by Gasteiger charge is 2.15. The number of amidine groups is 1. The summed E-state index contributed by atoms with van der Waals surface area (Å²) in [5, 5.41) is 11.4. The Hall–Kier alpha value is -0.810. The first kappa shape index (κ1) is 14.3. The van der Waals surface area contributed by atoms with Gasteiger partial charge in [-0.3, -0.25) is 0 Å². The summed E-state index contributed by atoms with van der Waals surface area (Å²) in [7, 11) is 2.17. The molecule has 1 aliphatic rings. The smallest absolute Gasteiger partial charge is 0.139 e. The quantitative estimate of drug-likeness (QED) is 0.232.